The second-order valence-electron chi connectivity index (χ2n) is 7.04. The number of piperidine rings is 1. The van der Waals surface area contributed by atoms with Crippen molar-refractivity contribution in [2.75, 3.05) is 40.4 Å². The molecular formula is C20H30N2O3. The second kappa shape index (κ2) is 8.56. The Bertz CT molecular complexity index is 576. The van der Waals surface area contributed by atoms with Crippen LogP contribution in [0.4, 0.5) is 0 Å². The highest BCUT2D eigenvalue weighted by molar-refractivity contribution is 5.76. The molecule has 0 atom stereocenters. The summed E-state index contributed by atoms with van der Waals surface area (Å²) in [5.41, 5.74) is 1.11. The molecule has 1 amide bonds. The van der Waals surface area contributed by atoms with Crippen LogP contribution in [0.5, 0.6) is 11.5 Å². The Morgan fingerprint density at radius 2 is 1.72 bits per heavy atom. The quantitative estimate of drug-likeness (QED) is 0.794. The predicted octanol–water partition coefficient (Wildman–Crippen LogP) is 2.72. The van der Waals surface area contributed by atoms with E-state index in [1.807, 2.05) is 23.1 Å². The normalized spacial score (nSPS) is 19.2. The molecule has 3 rings (SSSR count). The lowest BCUT2D eigenvalue weighted by atomic mass is 10.0. The summed E-state index contributed by atoms with van der Waals surface area (Å²) in [5.74, 6) is 1.72. The summed E-state index contributed by atoms with van der Waals surface area (Å²) in [7, 11) is 3.27. The van der Waals surface area contributed by atoms with Gasteiger partial charge in [0.05, 0.1) is 14.2 Å². The van der Waals surface area contributed by atoms with Crippen molar-refractivity contribution < 1.29 is 14.3 Å². The molecule has 1 aromatic carbocycles. The van der Waals surface area contributed by atoms with Gasteiger partial charge in [0.15, 0.2) is 11.5 Å². The zero-order chi connectivity index (χ0) is 17.6. The number of nitrogens with zero attached hydrogens (tertiary/aromatic N) is 2. The molecule has 2 heterocycles. The fourth-order valence-electron chi connectivity index (χ4n) is 4.03. The van der Waals surface area contributed by atoms with E-state index in [0.29, 0.717) is 12.5 Å². The van der Waals surface area contributed by atoms with Crippen LogP contribution >= 0.6 is 0 Å². The molecule has 1 aromatic rings. The number of ether oxygens (including phenoxy) is 2. The summed E-state index contributed by atoms with van der Waals surface area (Å²) in [6, 6.07) is 6.57. The van der Waals surface area contributed by atoms with Gasteiger partial charge in [-0.15, -0.1) is 0 Å². The number of aryl methyl sites for hydroxylation is 1. The molecule has 5 heteroatoms. The molecule has 0 unspecified atom stereocenters. The zero-order valence-electron chi connectivity index (χ0n) is 15.5. The van der Waals surface area contributed by atoms with Crippen LogP contribution in [0.15, 0.2) is 18.2 Å². The number of benzene rings is 1. The Balaban J connectivity index is 1.46. The standard InChI is InChI=1S/C20H30N2O3/c1-24-18-7-5-16(15-19(18)25-2)6-8-20(23)22-13-9-17(10-14-22)21-11-3-4-12-21/h5,7,15,17H,3-4,6,8-14H2,1-2H3. The number of hydrogen-bond donors (Lipinski definition) is 0. The van der Waals surface area contributed by atoms with Gasteiger partial charge in [0.1, 0.15) is 0 Å². The summed E-state index contributed by atoms with van der Waals surface area (Å²) < 4.78 is 10.6. The molecule has 2 aliphatic rings. The van der Waals surface area contributed by atoms with Crippen molar-refractivity contribution in [3.05, 3.63) is 23.8 Å². The number of rotatable bonds is 6. The smallest absolute Gasteiger partial charge is 0.222 e. The first-order valence-corrected chi connectivity index (χ1v) is 9.44. The van der Waals surface area contributed by atoms with Crippen LogP contribution in [0.3, 0.4) is 0 Å². The largest absolute Gasteiger partial charge is 0.493 e. The van der Waals surface area contributed by atoms with Crippen LogP contribution in [0.25, 0.3) is 0 Å². The van der Waals surface area contributed by atoms with Crippen molar-refractivity contribution in [3.63, 3.8) is 0 Å². The van der Waals surface area contributed by atoms with E-state index in [4.69, 9.17) is 9.47 Å². The van der Waals surface area contributed by atoms with Gasteiger partial charge >= 0.3 is 0 Å². The van der Waals surface area contributed by atoms with Gasteiger partial charge in [0.25, 0.3) is 0 Å². The first kappa shape index (κ1) is 18.1. The summed E-state index contributed by atoms with van der Waals surface area (Å²) >= 11 is 0. The summed E-state index contributed by atoms with van der Waals surface area (Å²) in [4.78, 5) is 17.2. The van der Waals surface area contributed by atoms with Gasteiger partial charge in [0, 0.05) is 25.6 Å². The third kappa shape index (κ3) is 4.46. The van der Waals surface area contributed by atoms with E-state index in [1.165, 1.54) is 25.9 Å². The molecule has 0 bridgehead atoms. The van der Waals surface area contributed by atoms with Crippen molar-refractivity contribution in [2.24, 2.45) is 0 Å². The highest BCUT2D eigenvalue weighted by Gasteiger charge is 2.28. The summed E-state index contributed by atoms with van der Waals surface area (Å²) in [6.45, 7) is 4.31. The molecule has 0 aromatic heterocycles. The van der Waals surface area contributed by atoms with E-state index in [-0.39, 0.29) is 5.91 Å². The van der Waals surface area contributed by atoms with E-state index in [1.54, 1.807) is 14.2 Å². The van der Waals surface area contributed by atoms with Crippen LogP contribution in [0, 0.1) is 0 Å². The van der Waals surface area contributed by atoms with Crippen LogP contribution in [-0.2, 0) is 11.2 Å². The number of carbonyl (C=O) groups excluding carboxylic acids is 1. The lowest BCUT2D eigenvalue weighted by molar-refractivity contribution is -0.132. The molecule has 0 saturated carbocycles. The molecular weight excluding hydrogens is 316 g/mol. The van der Waals surface area contributed by atoms with E-state index in [9.17, 15) is 4.79 Å². The first-order valence-electron chi connectivity index (χ1n) is 9.44. The van der Waals surface area contributed by atoms with Gasteiger partial charge in [-0.3, -0.25) is 4.79 Å². The lowest BCUT2D eigenvalue weighted by Crippen LogP contribution is -2.45. The van der Waals surface area contributed by atoms with Crippen molar-refractivity contribution >= 4 is 5.91 Å². The summed E-state index contributed by atoms with van der Waals surface area (Å²) in [6.07, 6.45) is 6.23. The maximum atomic E-state index is 12.5. The van der Waals surface area contributed by atoms with Crippen molar-refractivity contribution in [2.45, 2.75) is 44.6 Å². The maximum Gasteiger partial charge on any atom is 0.222 e. The topological polar surface area (TPSA) is 42.0 Å². The summed E-state index contributed by atoms with van der Waals surface area (Å²) in [5, 5.41) is 0. The Kier molecular flexibility index (Phi) is 6.19. The molecule has 2 aliphatic heterocycles. The Hall–Kier alpha value is -1.75. The van der Waals surface area contributed by atoms with Gasteiger partial charge in [0.2, 0.25) is 5.91 Å². The fourth-order valence-corrected chi connectivity index (χ4v) is 4.03. The third-order valence-corrected chi connectivity index (χ3v) is 5.55. The maximum absolute atomic E-state index is 12.5. The lowest BCUT2D eigenvalue weighted by Gasteiger charge is -2.36. The van der Waals surface area contributed by atoms with Crippen LogP contribution in [0.1, 0.15) is 37.7 Å². The van der Waals surface area contributed by atoms with E-state index in [0.717, 1.165) is 49.4 Å². The van der Waals surface area contributed by atoms with Crippen LogP contribution in [0.2, 0.25) is 0 Å². The third-order valence-electron chi connectivity index (χ3n) is 5.55. The van der Waals surface area contributed by atoms with E-state index in [2.05, 4.69) is 4.90 Å². The van der Waals surface area contributed by atoms with E-state index >= 15 is 0 Å². The molecule has 138 valence electrons. The van der Waals surface area contributed by atoms with Crippen molar-refractivity contribution in [1.29, 1.82) is 0 Å². The molecule has 0 aliphatic carbocycles. The first-order chi connectivity index (χ1) is 12.2. The average molecular weight is 346 g/mol. The van der Waals surface area contributed by atoms with Gasteiger partial charge in [-0.1, -0.05) is 6.07 Å². The highest BCUT2D eigenvalue weighted by Crippen LogP contribution is 2.28. The van der Waals surface area contributed by atoms with Crippen LogP contribution in [-0.4, -0.2) is 62.1 Å². The minimum Gasteiger partial charge on any atom is -0.493 e. The number of methoxy groups -OCH3 is 2. The molecule has 0 radical (unpaired) electrons. The zero-order valence-corrected chi connectivity index (χ0v) is 15.5. The molecule has 2 saturated heterocycles. The highest BCUT2D eigenvalue weighted by atomic mass is 16.5. The minimum atomic E-state index is 0.273. The molecule has 25 heavy (non-hydrogen) atoms. The minimum absolute atomic E-state index is 0.273. The number of carbonyl (C=O) groups is 1. The van der Waals surface area contributed by atoms with Crippen LogP contribution < -0.4 is 9.47 Å². The monoisotopic (exact) mass is 346 g/mol. The number of hydrogen-bond acceptors (Lipinski definition) is 4. The van der Waals surface area contributed by atoms with E-state index < -0.39 is 0 Å². The number of amides is 1. The SMILES string of the molecule is COc1ccc(CCC(=O)N2CCC(N3CCCC3)CC2)cc1OC. The van der Waals surface area contributed by atoms with Gasteiger partial charge in [-0.25, -0.2) is 0 Å². The Morgan fingerprint density at radius 1 is 1.04 bits per heavy atom. The van der Waals surface area contributed by atoms with Crippen molar-refractivity contribution in [1.82, 2.24) is 9.80 Å². The van der Waals surface area contributed by atoms with Gasteiger partial charge in [-0.2, -0.15) is 0 Å². The average Bonchev–Trinajstić information content (AvgIpc) is 3.20. The second-order valence-corrected chi connectivity index (χ2v) is 7.04. The Morgan fingerprint density at radius 3 is 2.36 bits per heavy atom. The van der Waals surface area contributed by atoms with Gasteiger partial charge in [-0.05, 0) is 62.9 Å². The number of likely N-dealkylation sites (tertiary alicyclic amines) is 2. The predicted molar refractivity (Wildman–Crippen MR) is 98.3 cm³/mol. The molecule has 0 N–H and O–H groups in total. The fraction of sp³-hybridized carbons (Fsp3) is 0.650. The Labute approximate surface area is 150 Å². The van der Waals surface area contributed by atoms with Gasteiger partial charge < -0.3 is 19.3 Å². The molecule has 5 nitrogen and oxygen atoms in total. The molecule has 0 spiro atoms. The van der Waals surface area contributed by atoms with Crippen molar-refractivity contribution in [3.8, 4) is 11.5 Å². The molecule has 2 fully saturated rings.